The highest BCUT2D eigenvalue weighted by Gasteiger charge is 2.32. The van der Waals surface area contributed by atoms with Gasteiger partial charge in [-0.2, -0.15) is 0 Å². The quantitative estimate of drug-likeness (QED) is 0.667. The summed E-state index contributed by atoms with van der Waals surface area (Å²) in [6.07, 6.45) is 0.690. The number of nitrogens with one attached hydrogen (secondary N) is 1. The van der Waals surface area contributed by atoms with E-state index in [4.69, 9.17) is 4.74 Å². The molecule has 0 radical (unpaired) electrons. The molecule has 5 rings (SSSR count). The van der Waals surface area contributed by atoms with Crippen LogP contribution in [0.5, 0.6) is 0 Å². The molecule has 1 amide bonds. The van der Waals surface area contributed by atoms with Crippen molar-refractivity contribution in [1.82, 2.24) is 10.2 Å². The summed E-state index contributed by atoms with van der Waals surface area (Å²) in [5.74, 6) is 0.0923. The monoisotopic (exact) mass is 412 g/mol. The summed E-state index contributed by atoms with van der Waals surface area (Å²) in [5, 5.41) is 3.58. The van der Waals surface area contributed by atoms with Crippen LogP contribution in [0, 0.1) is 0 Å². The van der Waals surface area contributed by atoms with E-state index in [1.54, 1.807) is 0 Å². The first-order valence-corrected chi connectivity index (χ1v) is 11.1. The van der Waals surface area contributed by atoms with E-state index < -0.39 is 0 Å². The van der Waals surface area contributed by atoms with Crippen molar-refractivity contribution in [2.45, 2.75) is 31.3 Å². The predicted molar refractivity (Wildman–Crippen MR) is 123 cm³/mol. The summed E-state index contributed by atoms with van der Waals surface area (Å²) >= 11 is 0. The molecular formula is C27H28N2O2. The normalized spacial score (nSPS) is 20.2. The molecule has 3 aromatic carbocycles. The zero-order chi connectivity index (χ0) is 21.2. The minimum Gasteiger partial charge on any atom is -0.448 e. The van der Waals surface area contributed by atoms with E-state index in [1.165, 1.54) is 27.8 Å². The molecule has 4 heteroatoms. The fraction of sp³-hybridized carbons (Fsp3) is 0.296. The van der Waals surface area contributed by atoms with Gasteiger partial charge in [0.2, 0.25) is 0 Å². The van der Waals surface area contributed by atoms with Gasteiger partial charge in [0.05, 0.1) is 0 Å². The molecule has 0 aromatic heterocycles. The lowest BCUT2D eigenvalue weighted by molar-refractivity contribution is 0.0701. The molecule has 4 nitrogen and oxygen atoms in total. The van der Waals surface area contributed by atoms with Crippen LogP contribution in [0.4, 0.5) is 4.79 Å². The van der Waals surface area contributed by atoms with Crippen molar-refractivity contribution in [3.63, 3.8) is 0 Å². The Balaban J connectivity index is 1.27. The Morgan fingerprint density at radius 3 is 2.23 bits per heavy atom. The number of hydrogen-bond acceptors (Lipinski definition) is 3. The average Bonchev–Trinajstić information content (AvgIpc) is 3.13. The third-order valence-corrected chi connectivity index (χ3v) is 6.55. The Kier molecular flexibility index (Phi) is 5.47. The van der Waals surface area contributed by atoms with Crippen molar-refractivity contribution >= 4 is 6.09 Å². The highest BCUT2D eigenvalue weighted by molar-refractivity contribution is 5.79. The maximum absolute atomic E-state index is 13.1. The van der Waals surface area contributed by atoms with Crippen molar-refractivity contribution in [3.05, 3.63) is 95.6 Å². The van der Waals surface area contributed by atoms with Crippen LogP contribution in [0.2, 0.25) is 0 Å². The predicted octanol–water partition coefficient (Wildman–Crippen LogP) is 4.84. The zero-order valence-corrected chi connectivity index (χ0v) is 17.8. The first kappa shape index (κ1) is 19.8. The van der Waals surface area contributed by atoms with Gasteiger partial charge in [-0.1, -0.05) is 78.9 Å². The van der Waals surface area contributed by atoms with Crippen LogP contribution in [-0.2, 0) is 11.2 Å². The number of piperazine rings is 1. The lowest BCUT2D eigenvalue weighted by atomic mass is 9.98. The SMILES string of the molecule is C[C@H]1CN[C@@H](Cc2ccccc2)CN1C(=O)OCC1c2ccccc2-c2ccccc21. The van der Waals surface area contributed by atoms with Gasteiger partial charge in [-0.25, -0.2) is 4.79 Å². The number of rotatable bonds is 4. The maximum atomic E-state index is 13.1. The summed E-state index contributed by atoms with van der Waals surface area (Å²) < 4.78 is 5.91. The van der Waals surface area contributed by atoms with E-state index in [0.717, 1.165) is 13.0 Å². The van der Waals surface area contributed by atoms with Crippen LogP contribution in [0.25, 0.3) is 11.1 Å². The molecule has 1 aliphatic heterocycles. The third kappa shape index (κ3) is 3.96. The van der Waals surface area contributed by atoms with Crippen molar-refractivity contribution in [3.8, 4) is 11.1 Å². The zero-order valence-electron chi connectivity index (χ0n) is 17.8. The number of carbonyl (C=O) groups excluding carboxylic acids is 1. The van der Waals surface area contributed by atoms with Crippen molar-refractivity contribution in [2.75, 3.05) is 19.7 Å². The molecule has 31 heavy (non-hydrogen) atoms. The van der Waals surface area contributed by atoms with Crippen LogP contribution in [0.15, 0.2) is 78.9 Å². The van der Waals surface area contributed by atoms with Gasteiger partial charge in [0.1, 0.15) is 6.61 Å². The van der Waals surface area contributed by atoms with Crippen LogP contribution >= 0.6 is 0 Å². The molecule has 1 fully saturated rings. The van der Waals surface area contributed by atoms with Crippen LogP contribution in [0.3, 0.4) is 0 Å². The fourth-order valence-electron chi connectivity index (χ4n) is 4.90. The smallest absolute Gasteiger partial charge is 0.410 e. The molecule has 3 aromatic rings. The van der Waals surface area contributed by atoms with Gasteiger partial charge >= 0.3 is 6.09 Å². The summed E-state index contributed by atoms with van der Waals surface area (Å²) in [4.78, 5) is 14.9. The third-order valence-electron chi connectivity index (χ3n) is 6.55. The lowest BCUT2D eigenvalue weighted by Crippen LogP contribution is -2.58. The highest BCUT2D eigenvalue weighted by atomic mass is 16.6. The number of fused-ring (bicyclic) bond motifs is 3. The minimum atomic E-state index is -0.214. The summed E-state index contributed by atoms with van der Waals surface area (Å²) in [7, 11) is 0. The van der Waals surface area contributed by atoms with Crippen molar-refractivity contribution in [1.29, 1.82) is 0 Å². The van der Waals surface area contributed by atoms with E-state index in [0.29, 0.717) is 13.2 Å². The molecule has 0 spiro atoms. The molecular weight excluding hydrogens is 384 g/mol. The van der Waals surface area contributed by atoms with Gasteiger partial charge in [-0.15, -0.1) is 0 Å². The fourth-order valence-corrected chi connectivity index (χ4v) is 4.90. The number of hydrogen-bond donors (Lipinski definition) is 1. The van der Waals surface area contributed by atoms with Gasteiger partial charge < -0.3 is 15.0 Å². The second-order valence-corrected chi connectivity index (χ2v) is 8.60. The topological polar surface area (TPSA) is 41.6 Å². The highest BCUT2D eigenvalue weighted by Crippen LogP contribution is 2.44. The first-order chi connectivity index (χ1) is 15.2. The van der Waals surface area contributed by atoms with E-state index in [9.17, 15) is 4.79 Å². The molecule has 158 valence electrons. The van der Waals surface area contributed by atoms with E-state index in [1.807, 2.05) is 11.0 Å². The minimum absolute atomic E-state index is 0.0923. The molecule has 2 atom stereocenters. The van der Waals surface area contributed by atoms with Crippen molar-refractivity contribution in [2.24, 2.45) is 0 Å². The Bertz CT molecular complexity index is 1020. The van der Waals surface area contributed by atoms with Gasteiger partial charge in [0.25, 0.3) is 0 Å². The molecule has 2 aliphatic rings. The number of nitrogens with zero attached hydrogens (tertiary/aromatic N) is 1. The van der Waals surface area contributed by atoms with Gasteiger partial charge in [0.15, 0.2) is 0 Å². The summed E-state index contributed by atoms with van der Waals surface area (Å²) in [6.45, 7) is 3.88. The summed E-state index contributed by atoms with van der Waals surface area (Å²) in [6, 6.07) is 27.6. The number of amides is 1. The standard InChI is InChI=1S/C27H28N2O2/c1-19-16-28-21(15-20-9-3-2-4-10-20)17-29(19)27(30)31-18-26-24-13-7-5-11-22(24)23-12-6-8-14-25(23)26/h2-14,19,21,26,28H,15-18H2,1H3/t19-,21-/m0/s1. The summed E-state index contributed by atoms with van der Waals surface area (Å²) in [5.41, 5.74) is 6.26. The van der Waals surface area contributed by atoms with Crippen molar-refractivity contribution < 1.29 is 9.53 Å². The molecule has 0 bridgehead atoms. The molecule has 0 unspecified atom stereocenters. The average molecular weight is 413 g/mol. The van der Waals surface area contributed by atoms with Gasteiger partial charge in [-0.05, 0) is 41.2 Å². The first-order valence-electron chi connectivity index (χ1n) is 11.1. The van der Waals surface area contributed by atoms with Gasteiger partial charge in [-0.3, -0.25) is 0 Å². The molecule has 1 N–H and O–H groups in total. The molecule has 0 saturated carbocycles. The van der Waals surface area contributed by atoms with E-state index >= 15 is 0 Å². The Morgan fingerprint density at radius 1 is 0.935 bits per heavy atom. The Morgan fingerprint density at radius 2 is 1.55 bits per heavy atom. The molecule has 1 saturated heterocycles. The Hall–Kier alpha value is -3.11. The van der Waals surface area contributed by atoms with Gasteiger partial charge in [0, 0.05) is 31.1 Å². The largest absolute Gasteiger partial charge is 0.448 e. The van der Waals surface area contributed by atoms with Crippen LogP contribution < -0.4 is 5.32 Å². The van der Waals surface area contributed by atoms with Crippen LogP contribution in [-0.4, -0.2) is 42.8 Å². The second-order valence-electron chi connectivity index (χ2n) is 8.60. The molecule has 1 aliphatic carbocycles. The lowest BCUT2D eigenvalue weighted by Gasteiger charge is -2.38. The Labute approximate surface area is 183 Å². The molecule has 1 heterocycles. The number of carbonyl (C=O) groups is 1. The number of benzene rings is 3. The number of ether oxygens (including phenoxy) is 1. The van der Waals surface area contributed by atoms with Crippen LogP contribution in [0.1, 0.15) is 29.5 Å². The maximum Gasteiger partial charge on any atom is 0.410 e. The van der Waals surface area contributed by atoms with E-state index in [-0.39, 0.29) is 24.1 Å². The second kappa shape index (κ2) is 8.56. The van der Waals surface area contributed by atoms with E-state index in [2.05, 4.69) is 85.0 Å².